The SMILES string of the molecule is CN(CCCN)S(=O)(=O)NC1CCCCCC1O. The maximum Gasteiger partial charge on any atom is 0.279 e. The molecule has 108 valence electrons. The fraction of sp³-hybridized carbons (Fsp3) is 1.00. The maximum absolute atomic E-state index is 12.0. The van der Waals surface area contributed by atoms with Gasteiger partial charge in [-0.2, -0.15) is 17.4 Å². The van der Waals surface area contributed by atoms with Gasteiger partial charge in [0.2, 0.25) is 0 Å². The largest absolute Gasteiger partial charge is 0.391 e. The molecule has 0 aromatic carbocycles. The Bertz CT molecular complexity index is 334. The molecule has 6 nitrogen and oxygen atoms in total. The van der Waals surface area contributed by atoms with Crippen molar-refractivity contribution in [3.05, 3.63) is 0 Å². The molecule has 0 saturated heterocycles. The monoisotopic (exact) mass is 279 g/mol. The van der Waals surface area contributed by atoms with Crippen molar-refractivity contribution in [2.45, 2.75) is 50.7 Å². The van der Waals surface area contributed by atoms with Crippen LogP contribution in [0.15, 0.2) is 0 Å². The molecule has 0 radical (unpaired) electrons. The van der Waals surface area contributed by atoms with Crippen LogP contribution >= 0.6 is 0 Å². The first-order valence-electron chi connectivity index (χ1n) is 6.59. The molecular weight excluding hydrogens is 254 g/mol. The summed E-state index contributed by atoms with van der Waals surface area (Å²) in [5.74, 6) is 0. The Labute approximate surface area is 110 Å². The minimum Gasteiger partial charge on any atom is -0.391 e. The highest BCUT2D eigenvalue weighted by atomic mass is 32.2. The lowest BCUT2D eigenvalue weighted by atomic mass is 10.1. The molecule has 1 aliphatic carbocycles. The van der Waals surface area contributed by atoms with E-state index in [1.54, 1.807) is 0 Å². The maximum atomic E-state index is 12.0. The number of nitrogens with zero attached hydrogens (tertiary/aromatic N) is 1. The smallest absolute Gasteiger partial charge is 0.279 e. The number of aliphatic hydroxyl groups excluding tert-OH is 1. The van der Waals surface area contributed by atoms with E-state index < -0.39 is 16.3 Å². The lowest BCUT2D eigenvalue weighted by molar-refractivity contribution is 0.129. The minimum absolute atomic E-state index is 0.363. The van der Waals surface area contributed by atoms with Crippen molar-refractivity contribution < 1.29 is 13.5 Å². The summed E-state index contributed by atoms with van der Waals surface area (Å²) in [5.41, 5.74) is 5.37. The first kappa shape index (κ1) is 15.8. The van der Waals surface area contributed by atoms with Gasteiger partial charge in [0.05, 0.1) is 6.10 Å². The van der Waals surface area contributed by atoms with Gasteiger partial charge in [-0.25, -0.2) is 0 Å². The molecule has 4 N–H and O–H groups in total. The number of rotatable bonds is 6. The summed E-state index contributed by atoms with van der Waals surface area (Å²) in [6.07, 6.45) is 4.39. The van der Waals surface area contributed by atoms with Crippen molar-refractivity contribution in [2.75, 3.05) is 20.1 Å². The van der Waals surface area contributed by atoms with Crippen LogP contribution in [0.2, 0.25) is 0 Å². The number of hydrogen-bond acceptors (Lipinski definition) is 4. The molecule has 1 saturated carbocycles. The molecule has 0 heterocycles. The van der Waals surface area contributed by atoms with Crippen LogP contribution in [0.4, 0.5) is 0 Å². The Hall–Kier alpha value is -0.210. The molecule has 18 heavy (non-hydrogen) atoms. The molecule has 2 unspecified atom stereocenters. The zero-order valence-corrected chi connectivity index (χ0v) is 11.8. The molecular formula is C11H25N3O3S. The van der Waals surface area contributed by atoms with Gasteiger partial charge in [-0.3, -0.25) is 0 Å². The first-order valence-corrected chi connectivity index (χ1v) is 8.03. The highest BCUT2D eigenvalue weighted by Gasteiger charge is 2.27. The predicted molar refractivity (Wildman–Crippen MR) is 71.2 cm³/mol. The standard InChI is InChI=1S/C11H25N3O3S/c1-14(9-5-8-12)18(16,17)13-10-6-3-2-4-7-11(10)15/h10-11,13,15H,2-9,12H2,1H3. The molecule has 0 amide bonds. The van der Waals surface area contributed by atoms with Crippen molar-refractivity contribution >= 4 is 10.2 Å². The van der Waals surface area contributed by atoms with Gasteiger partial charge in [0.15, 0.2) is 0 Å². The Morgan fingerprint density at radius 3 is 2.67 bits per heavy atom. The number of aliphatic hydroxyl groups is 1. The normalized spacial score (nSPS) is 26.2. The highest BCUT2D eigenvalue weighted by Crippen LogP contribution is 2.19. The average molecular weight is 279 g/mol. The van der Waals surface area contributed by atoms with Crippen LogP contribution in [-0.4, -0.2) is 50.1 Å². The molecule has 0 aromatic heterocycles. The first-order chi connectivity index (χ1) is 8.47. The zero-order valence-electron chi connectivity index (χ0n) is 11.0. The summed E-state index contributed by atoms with van der Waals surface area (Å²) in [6.45, 7) is 0.862. The van der Waals surface area contributed by atoms with Crippen molar-refractivity contribution in [1.82, 2.24) is 9.03 Å². The van der Waals surface area contributed by atoms with Gasteiger partial charge in [-0.05, 0) is 25.8 Å². The third kappa shape index (κ3) is 4.81. The fourth-order valence-corrected chi connectivity index (χ4v) is 3.35. The predicted octanol–water partition coefficient (Wildman–Crippen LogP) is -0.205. The summed E-state index contributed by atoms with van der Waals surface area (Å²) in [7, 11) is -1.98. The van der Waals surface area contributed by atoms with Gasteiger partial charge >= 0.3 is 0 Å². The van der Waals surface area contributed by atoms with Crippen LogP contribution in [0.1, 0.15) is 38.5 Å². The molecule has 1 aliphatic rings. The van der Waals surface area contributed by atoms with E-state index in [0.717, 1.165) is 19.3 Å². The molecule has 1 fully saturated rings. The Morgan fingerprint density at radius 2 is 2.00 bits per heavy atom. The summed E-state index contributed by atoms with van der Waals surface area (Å²) in [4.78, 5) is 0. The molecule has 0 spiro atoms. The van der Waals surface area contributed by atoms with Crippen LogP contribution in [0.5, 0.6) is 0 Å². The summed E-state index contributed by atoms with van der Waals surface area (Å²) < 4.78 is 27.9. The number of hydrogen-bond donors (Lipinski definition) is 3. The van der Waals surface area contributed by atoms with Crippen molar-refractivity contribution in [2.24, 2.45) is 5.73 Å². The molecule has 7 heteroatoms. The van der Waals surface area contributed by atoms with E-state index in [1.165, 1.54) is 11.4 Å². The van der Waals surface area contributed by atoms with Crippen molar-refractivity contribution in [1.29, 1.82) is 0 Å². The van der Waals surface area contributed by atoms with E-state index >= 15 is 0 Å². The van der Waals surface area contributed by atoms with Gasteiger partial charge in [-0.1, -0.05) is 19.3 Å². The quantitative estimate of drug-likeness (QED) is 0.586. The molecule has 0 aromatic rings. The third-order valence-corrected chi connectivity index (χ3v) is 4.97. The van der Waals surface area contributed by atoms with Crippen LogP contribution in [0.3, 0.4) is 0 Å². The second-order valence-electron chi connectivity index (χ2n) is 4.90. The van der Waals surface area contributed by atoms with Crippen LogP contribution in [-0.2, 0) is 10.2 Å². The van der Waals surface area contributed by atoms with Crippen LogP contribution < -0.4 is 10.5 Å². The summed E-state index contributed by atoms with van der Waals surface area (Å²) in [5, 5.41) is 9.90. The Balaban J connectivity index is 2.57. The Kier molecular flexibility index (Phi) is 6.51. The lowest BCUT2D eigenvalue weighted by Crippen LogP contribution is -2.48. The van der Waals surface area contributed by atoms with Gasteiger partial charge in [0.25, 0.3) is 10.2 Å². The second-order valence-corrected chi connectivity index (χ2v) is 6.71. The van der Waals surface area contributed by atoms with Gasteiger partial charge in [0, 0.05) is 19.6 Å². The van der Waals surface area contributed by atoms with Gasteiger partial charge in [-0.15, -0.1) is 0 Å². The van der Waals surface area contributed by atoms with Crippen LogP contribution in [0.25, 0.3) is 0 Å². The lowest BCUT2D eigenvalue weighted by Gasteiger charge is -2.25. The average Bonchev–Trinajstić information content (AvgIpc) is 2.51. The molecule has 2 atom stereocenters. The molecule has 0 aliphatic heterocycles. The topological polar surface area (TPSA) is 95.7 Å². The number of nitrogens with one attached hydrogen (secondary N) is 1. The van der Waals surface area contributed by atoms with E-state index in [-0.39, 0.29) is 6.04 Å². The van der Waals surface area contributed by atoms with Crippen molar-refractivity contribution in [3.63, 3.8) is 0 Å². The van der Waals surface area contributed by atoms with E-state index in [0.29, 0.717) is 32.4 Å². The summed E-state index contributed by atoms with van der Waals surface area (Å²) in [6, 6.07) is -0.363. The third-order valence-electron chi connectivity index (χ3n) is 3.37. The van der Waals surface area contributed by atoms with E-state index in [1.807, 2.05) is 0 Å². The van der Waals surface area contributed by atoms with Gasteiger partial charge < -0.3 is 10.8 Å². The second kappa shape index (κ2) is 7.40. The summed E-state index contributed by atoms with van der Waals surface area (Å²) >= 11 is 0. The Morgan fingerprint density at radius 1 is 1.33 bits per heavy atom. The van der Waals surface area contributed by atoms with Gasteiger partial charge in [0.1, 0.15) is 0 Å². The molecule has 1 rings (SSSR count). The van der Waals surface area contributed by atoms with Crippen molar-refractivity contribution in [3.8, 4) is 0 Å². The number of nitrogens with two attached hydrogens (primary N) is 1. The minimum atomic E-state index is -3.51. The zero-order chi connectivity index (χ0) is 13.6. The van der Waals surface area contributed by atoms with E-state index in [2.05, 4.69) is 4.72 Å². The highest BCUT2D eigenvalue weighted by molar-refractivity contribution is 7.87. The van der Waals surface area contributed by atoms with Crippen LogP contribution in [0, 0.1) is 0 Å². The fourth-order valence-electron chi connectivity index (χ4n) is 2.14. The molecule has 0 bridgehead atoms. The van der Waals surface area contributed by atoms with E-state index in [4.69, 9.17) is 5.73 Å². The van der Waals surface area contributed by atoms with E-state index in [9.17, 15) is 13.5 Å².